The molecular weight excluding hydrogens is 308 g/mol. The minimum absolute atomic E-state index is 0.342. The normalized spacial score (nSPS) is 10.7. The third-order valence-electron chi connectivity index (χ3n) is 2.72. The molecule has 114 valence electrons. The molecule has 0 bridgehead atoms. The lowest BCUT2D eigenvalue weighted by Gasteiger charge is -2.18. The number of hydrazine groups is 1. The van der Waals surface area contributed by atoms with Crippen molar-refractivity contribution in [1.82, 2.24) is 24.3 Å². The Hall–Kier alpha value is -1.52. The van der Waals surface area contributed by atoms with Crippen molar-refractivity contribution in [1.29, 1.82) is 0 Å². The molecule has 2 aromatic rings. The van der Waals surface area contributed by atoms with Gasteiger partial charge < -0.3 is 4.90 Å². The molecular formula is C11H18N8S2. The van der Waals surface area contributed by atoms with E-state index in [1.165, 1.54) is 23.3 Å². The molecule has 0 atom stereocenters. The summed E-state index contributed by atoms with van der Waals surface area (Å²) < 4.78 is 5.06. The number of rotatable bonds is 7. The monoisotopic (exact) mass is 326 g/mol. The number of nitrogens with one attached hydrogen (secondary N) is 1. The van der Waals surface area contributed by atoms with Gasteiger partial charge in [0.05, 0.1) is 0 Å². The van der Waals surface area contributed by atoms with Crippen molar-refractivity contribution in [2.75, 3.05) is 23.4 Å². The summed E-state index contributed by atoms with van der Waals surface area (Å²) in [6.07, 6.45) is 0.814. The average molecular weight is 326 g/mol. The predicted octanol–water partition coefficient (Wildman–Crippen LogP) is 1.57. The lowest BCUT2D eigenvalue weighted by atomic mass is 10.5. The topological polar surface area (TPSA) is 106 Å². The van der Waals surface area contributed by atoms with Gasteiger partial charge in [-0.05, 0) is 37.1 Å². The zero-order chi connectivity index (χ0) is 15.2. The summed E-state index contributed by atoms with van der Waals surface area (Å²) in [5, 5.41) is 0.554. The molecule has 2 rings (SSSR count). The highest BCUT2D eigenvalue weighted by Crippen LogP contribution is 2.27. The molecule has 0 spiro atoms. The molecule has 2 aromatic heterocycles. The number of aryl methyl sites for hydroxylation is 1. The highest BCUT2D eigenvalue weighted by molar-refractivity contribution is 8.00. The number of hydrogen-bond acceptors (Lipinski definition) is 10. The predicted molar refractivity (Wildman–Crippen MR) is 84.6 cm³/mol. The molecule has 0 amide bonds. The van der Waals surface area contributed by atoms with Gasteiger partial charge in [0.25, 0.3) is 0 Å². The van der Waals surface area contributed by atoms with Crippen LogP contribution < -0.4 is 16.2 Å². The third-order valence-corrected chi connectivity index (χ3v) is 4.38. The Morgan fingerprint density at radius 1 is 1.14 bits per heavy atom. The minimum atomic E-state index is 0.342. The van der Waals surface area contributed by atoms with E-state index in [1.807, 2.05) is 25.7 Å². The van der Waals surface area contributed by atoms with Crippen LogP contribution in [0.3, 0.4) is 0 Å². The van der Waals surface area contributed by atoms with Crippen molar-refractivity contribution in [3.8, 4) is 0 Å². The molecule has 21 heavy (non-hydrogen) atoms. The van der Waals surface area contributed by atoms with Crippen molar-refractivity contribution in [2.45, 2.75) is 36.7 Å². The van der Waals surface area contributed by atoms with Gasteiger partial charge in [0.15, 0.2) is 4.34 Å². The second-order valence-corrected chi connectivity index (χ2v) is 5.96. The van der Waals surface area contributed by atoms with Gasteiger partial charge >= 0.3 is 0 Å². The highest BCUT2D eigenvalue weighted by atomic mass is 32.2. The van der Waals surface area contributed by atoms with Crippen LogP contribution in [0.1, 0.15) is 26.6 Å². The van der Waals surface area contributed by atoms with Gasteiger partial charge in [0.2, 0.25) is 17.1 Å². The van der Waals surface area contributed by atoms with Crippen molar-refractivity contribution in [3.05, 3.63) is 5.82 Å². The van der Waals surface area contributed by atoms with Crippen LogP contribution in [0, 0.1) is 0 Å². The first kappa shape index (κ1) is 15.9. The Kier molecular flexibility index (Phi) is 5.65. The van der Waals surface area contributed by atoms with Gasteiger partial charge in [0.1, 0.15) is 5.82 Å². The maximum Gasteiger partial charge on any atom is 0.242 e. The van der Waals surface area contributed by atoms with Crippen molar-refractivity contribution >= 4 is 35.2 Å². The third kappa shape index (κ3) is 3.99. The molecule has 0 saturated carbocycles. The number of nitrogen functional groups attached to an aromatic ring is 1. The molecule has 0 aliphatic carbocycles. The van der Waals surface area contributed by atoms with E-state index in [0.717, 1.165) is 29.7 Å². The zero-order valence-corrected chi connectivity index (χ0v) is 13.8. The zero-order valence-electron chi connectivity index (χ0n) is 12.2. The van der Waals surface area contributed by atoms with Crippen molar-refractivity contribution in [3.63, 3.8) is 0 Å². The molecule has 0 unspecified atom stereocenters. The first-order valence-corrected chi connectivity index (χ1v) is 8.27. The van der Waals surface area contributed by atoms with Crippen molar-refractivity contribution < 1.29 is 0 Å². The van der Waals surface area contributed by atoms with Gasteiger partial charge in [-0.1, -0.05) is 6.92 Å². The fourth-order valence-electron chi connectivity index (χ4n) is 1.61. The van der Waals surface area contributed by atoms with Gasteiger partial charge in [-0.15, -0.1) is 0 Å². The van der Waals surface area contributed by atoms with Gasteiger partial charge in [0, 0.05) is 19.5 Å². The van der Waals surface area contributed by atoms with Crippen molar-refractivity contribution in [2.24, 2.45) is 5.84 Å². The Labute approximate surface area is 131 Å². The largest absolute Gasteiger partial charge is 0.341 e. The van der Waals surface area contributed by atoms with Crippen LogP contribution in [0.25, 0.3) is 0 Å². The van der Waals surface area contributed by atoms with Crippen LogP contribution in [-0.2, 0) is 6.42 Å². The van der Waals surface area contributed by atoms with Gasteiger partial charge in [-0.3, -0.25) is 5.43 Å². The average Bonchev–Trinajstić information content (AvgIpc) is 2.96. The summed E-state index contributed by atoms with van der Waals surface area (Å²) in [6, 6.07) is 0. The Bertz CT molecular complexity index is 583. The van der Waals surface area contributed by atoms with Gasteiger partial charge in [-0.25, -0.2) is 10.8 Å². The molecule has 0 radical (unpaired) electrons. The molecule has 0 fully saturated rings. The molecule has 0 aliphatic rings. The van der Waals surface area contributed by atoms with E-state index in [1.54, 1.807) is 0 Å². The summed E-state index contributed by atoms with van der Waals surface area (Å²) >= 11 is 2.71. The fourth-order valence-corrected chi connectivity index (χ4v) is 3.16. The van der Waals surface area contributed by atoms with E-state index in [4.69, 9.17) is 5.84 Å². The standard InChI is InChI=1S/C11H18N8S2/c1-4-7-13-11(21-18-7)20-10-15-8(17-12)14-9(16-10)19(5-2)6-3/h4-6,12H2,1-3H3,(H,14,15,16,17). The summed E-state index contributed by atoms with van der Waals surface area (Å²) in [5.41, 5.74) is 2.48. The maximum atomic E-state index is 5.43. The van der Waals surface area contributed by atoms with Crippen LogP contribution in [0.5, 0.6) is 0 Å². The molecule has 0 aliphatic heterocycles. The quantitative estimate of drug-likeness (QED) is 0.579. The summed E-state index contributed by atoms with van der Waals surface area (Å²) in [4.78, 5) is 19.4. The van der Waals surface area contributed by atoms with E-state index in [0.29, 0.717) is 17.1 Å². The summed E-state index contributed by atoms with van der Waals surface area (Å²) in [7, 11) is 0. The number of aromatic nitrogens is 5. The first-order valence-electron chi connectivity index (χ1n) is 6.68. The lowest BCUT2D eigenvalue weighted by molar-refractivity contribution is 0.783. The van der Waals surface area contributed by atoms with E-state index < -0.39 is 0 Å². The minimum Gasteiger partial charge on any atom is -0.341 e. The van der Waals surface area contributed by atoms with Gasteiger partial charge in [-0.2, -0.15) is 19.3 Å². The van der Waals surface area contributed by atoms with E-state index in [9.17, 15) is 0 Å². The van der Waals surface area contributed by atoms with E-state index in [-0.39, 0.29) is 0 Å². The van der Waals surface area contributed by atoms with E-state index in [2.05, 4.69) is 29.7 Å². The second-order valence-electron chi connectivity index (χ2n) is 3.99. The van der Waals surface area contributed by atoms with Crippen LogP contribution in [-0.4, -0.2) is 37.4 Å². The SMILES string of the molecule is CCc1nsc(Sc2nc(NN)nc(N(CC)CC)n2)n1. The second kappa shape index (κ2) is 7.48. The molecule has 3 N–H and O–H groups in total. The van der Waals surface area contributed by atoms with Crippen LogP contribution in [0.4, 0.5) is 11.9 Å². The maximum absolute atomic E-state index is 5.43. The number of hydrogen-bond donors (Lipinski definition) is 2. The smallest absolute Gasteiger partial charge is 0.242 e. The Balaban J connectivity index is 2.27. The number of nitrogens with two attached hydrogens (primary N) is 1. The molecule has 2 heterocycles. The van der Waals surface area contributed by atoms with E-state index >= 15 is 0 Å². The summed E-state index contributed by atoms with van der Waals surface area (Å²) in [5.74, 6) is 7.21. The summed E-state index contributed by atoms with van der Waals surface area (Å²) in [6.45, 7) is 7.75. The lowest BCUT2D eigenvalue weighted by Crippen LogP contribution is -2.25. The molecule has 10 heteroatoms. The van der Waals surface area contributed by atoms with Crippen LogP contribution >= 0.6 is 23.3 Å². The Morgan fingerprint density at radius 2 is 1.90 bits per heavy atom. The first-order chi connectivity index (χ1) is 10.2. The van der Waals surface area contributed by atoms with Crippen LogP contribution in [0.2, 0.25) is 0 Å². The fraction of sp³-hybridized carbons (Fsp3) is 0.545. The molecule has 0 aromatic carbocycles. The molecule has 0 saturated heterocycles. The number of nitrogens with zero attached hydrogens (tertiary/aromatic N) is 6. The highest BCUT2D eigenvalue weighted by Gasteiger charge is 2.13. The number of anilines is 2. The Morgan fingerprint density at radius 3 is 2.48 bits per heavy atom. The van der Waals surface area contributed by atoms with Crippen LogP contribution in [0.15, 0.2) is 9.50 Å². The molecule has 8 nitrogen and oxygen atoms in total.